The number of aromatic amines is 1. The number of rotatable bonds is 2. The lowest BCUT2D eigenvalue weighted by Gasteiger charge is -2.07. The molecule has 0 radical (unpaired) electrons. The topological polar surface area (TPSA) is 66.9 Å². The number of anilines is 1. The van der Waals surface area contributed by atoms with Gasteiger partial charge in [0, 0.05) is 12.7 Å². The summed E-state index contributed by atoms with van der Waals surface area (Å²) in [6.45, 7) is 0. The van der Waals surface area contributed by atoms with Gasteiger partial charge in [0.2, 0.25) is 0 Å². The van der Waals surface area contributed by atoms with Crippen molar-refractivity contribution in [3.05, 3.63) is 63.8 Å². The third-order valence-corrected chi connectivity index (χ3v) is 3.44. The Kier molecular flexibility index (Phi) is 3.44. The van der Waals surface area contributed by atoms with E-state index >= 15 is 0 Å². The minimum absolute atomic E-state index is 0.272. The van der Waals surface area contributed by atoms with E-state index in [4.69, 9.17) is 0 Å². The Bertz CT molecular complexity index is 992. The van der Waals surface area contributed by atoms with E-state index in [1.165, 1.54) is 16.7 Å². The van der Waals surface area contributed by atoms with Crippen LogP contribution in [0.25, 0.3) is 11.0 Å². The lowest BCUT2D eigenvalue weighted by molar-refractivity contribution is 0.102. The molecule has 118 valence electrons. The zero-order valence-corrected chi connectivity index (χ0v) is 11.8. The first-order valence-electron chi connectivity index (χ1n) is 6.52. The largest absolute Gasteiger partial charge is 0.326 e. The van der Waals surface area contributed by atoms with Crippen LogP contribution < -0.4 is 11.0 Å². The maximum absolute atomic E-state index is 13.6. The number of hydrogen-bond donors (Lipinski definition) is 2. The van der Waals surface area contributed by atoms with E-state index in [1.807, 2.05) is 0 Å². The molecule has 1 aromatic heterocycles. The van der Waals surface area contributed by atoms with Crippen molar-refractivity contribution in [3.63, 3.8) is 0 Å². The summed E-state index contributed by atoms with van der Waals surface area (Å²) in [6, 6.07) is 6.10. The zero-order chi connectivity index (χ0) is 16.7. The molecule has 0 fully saturated rings. The number of fused-ring (bicyclic) bond motifs is 1. The van der Waals surface area contributed by atoms with E-state index in [0.29, 0.717) is 17.1 Å². The number of aromatic nitrogens is 2. The molecular weight excluding hydrogens is 311 g/mol. The number of hydrogen-bond acceptors (Lipinski definition) is 2. The maximum atomic E-state index is 13.6. The van der Waals surface area contributed by atoms with Gasteiger partial charge in [-0.25, -0.2) is 18.0 Å². The SMILES string of the molecule is Cn1c(=O)[nH]c2cc(NC(=O)c3ccc(F)c(F)c3F)ccc21. The number of aryl methyl sites for hydroxylation is 1. The van der Waals surface area contributed by atoms with Gasteiger partial charge in [0.15, 0.2) is 17.5 Å². The molecule has 5 nitrogen and oxygen atoms in total. The summed E-state index contributed by atoms with van der Waals surface area (Å²) in [7, 11) is 1.58. The molecule has 0 spiro atoms. The van der Waals surface area contributed by atoms with Gasteiger partial charge in [0.1, 0.15) is 0 Å². The van der Waals surface area contributed by atoms with Crippen molar-refractivity contribution in [2.45, 2.75) is 0 Å². The molecule has 0 saturated carbocycles. The van der Waals surface area contributed by atoms with Crippen molar-refractivity contribution in [1.82, 2.24) is 9.55 Å². The van der Waals surface area contributed by atoms with Gasteiger partial charge in [-0.3, -0.25) is 9.36 Å². The summed E-state index contributed by atoms with van der Waals surface area (Å²) in [5.41, 5.74) is 0.419. The Labute approximate surface area is 127 Å². The quantitative estimate of drug-likeness (QED) is 0.712. The van der Waals surface area contributed by atoms with Crippen LogP contribution in [0.3, 0.4) is 0 Å². The standard InChI is InChI=1S/C15H10F3N3O2/c1-21-11-5-2-7(6-10(11)20-15(21)23)19-14(22)8-3-4-9(16)13(18)12(8)17/h2-6H,1H3,(H,19,22)(H,20,23). The summed E-state index contributed by atoms with van der Waals surface area (Å²) >= 11 is 0. The van der Waals surface area contributed by atoms with Crippen LogP contribution >= 0.6 is 0 Å². The molecule has 0 bridgehead atoms. The molecule has 0 aliphatic rings. The second-order valence-electron chi connectivity index (χ2n) is 4.90. The van der Waals surface area contributed by atoms with Crippen LogP contribution in [0.1, 0.15) is 10.4 Å². The molecule has 1 amide bonds. The van der Waals surface area contributed by atoms with E-state index in [1.54, 1.807) is 13.1 Å². The summed E-state index contributed by atoms with van der Waals surface area (Å²) in [6.07, 6.45) is 0. The van der Waals surface area contributed by atoms with E-state index in [2.05, 4.69) is 10.3 Å². The first-order chi connectivity index (χ1) is 10.9. The van der Waals surface area contributed by atoms with Gasteiger partial charge < -0.3 is 10.3 Å². The number of benzene rings is 2. The molecule has 1 heterocycles. The van der Waals surface area contributed by atoms with E-state index < -0.39 is 28.9 Å². The zero-order valence-electron chi connectivity index (χ0n) is 11.8. The van der Waals surface area contributed by atoms with Crippen molar-refractivity contribution in [3.8, 4) is 0 Å². The smallest absolute Gasteiger partial charge is 0.322 e. The molecule has 0 aliphatic heterocycles. The van der Waals surface area contributed by atoms with Crippen molar-refractivity contribution >= 4 is 22.6 Å². The van der Waals surface area contributed by atoms with Gasteiger partial charge in [-0.05, 0) is 30.3 Å². The molecule has 0 saturated heterocycles. The van der Waals surface area contributed by atoms with Crippen LogP contribution in [-0.2, 0) is 7.05 Å². The van der Waals surface area contributed by atoms with Crippen LogP contribution in [0, 0.1) is 17.5 Å². The van der Waals surface area contributed by atoms with E-state index in [0.717, 1.165) is 6.07 Å². The lowest BCUT2D eigenvalue weighted by atomic mass is 10.1. The van der Waals surface area contributed by atoms with Gasteiger partial charge >= 0.3 is 5.69 Å². The first kappa shape index (κ1) is 14.9. The summed E-state index contributed by atoms with van der Waals surface area (Å²) in [5.74, 6) is -5.57. The molecule has 23 heavy (non-hydrogen) atoms. The number of nitrogens with zero attached hydrogens (tertiary/aromatic N) is 1. The Hall–Kier alpha value is -3.03. The summed E-state index contributed by atoms with van der Waals surface area (Å²) in [4.78, 5) is 26.1. The molecule has 0 atom stereocenters. The average molecular weight is 321 g/mol. The number of H-pyrrole nitrogens is 1. The molecule has 2 N–H and O–H groups in total. The predicted molar refractivity (Wildman–Crippen MR) is 77.8 cm³/mol. The van der Waals surface area contributed by atoms with Crippen LogP contribution in [0.2, 0.25) is 0 Å². The minimum Gasteiger partial charge on any atom is -0.322 e. The second-order valence-corrected chi connectivity index (χ2v) is 4.90. The van der Waals surface area contributed by atoms with Gasteiger partial charge in [-0.2, -0.15) is 0 Å². The first-order valence-corrected chi connectivity index (χ1v) is 6.52. The van der Waals surface area contributed by atoms with Crippen LogP contribution in [0.15, 0.2) is 35.1 Å². The maximum Gasteiger partial charge on any atom is 0.326 e. The molecule has 0 aliphatic carbocycles. The third kappa shape index (κ3) is 2.48. The fraction of sp³-hybridized carbons (Fsp3) is 0.0667. The van der Waals surface area contributed by atoms with Crippen LogP contribution in [-0.4, -0.2) is 15.5 Å². The van der Waals surface area contributed by atoms with E-state index in [-0.39, 0.29) is 11.4 Å². The van der Waals surface area contributed by atoms with Gasteiger partial charge in [-0.1, -0.05) is 0 Å². The second kappa shape index (κ2) is 5.31. The Morgan fingerprint density at radius 2 is 1.87 bits per heavy atom. The number of imidazole rings is 1. The Morgan fingerprint density at radius 1 is 1.13 bits per heavy atom. The highest BCUT2D eigenvalue weighted by Crippen LogP contribution is 2.19. The van der Waals surface area contributed by atoms with Crippen molar-refractivity contribution in [2.24, 2.45) is 7.05 Å². The van der Waals surface area contributed by atoms with Crippen LogP contribution in [0.4, 0.5) is 18.9 Å². The minimum atomic E-state index is -1.71. The highest BCUT2D eigenvalue weighted by molar-refractivity contribution is 6.05. The fourth-order valence-electron chi connectivity index (χ4n) is 2.21. The number of carbonyl (C=O) groups excluding carboxylic acids is 1. The fourth-order valence-corrected chi connectivity index (χ4v) is 2.21. The molecule has 3 rings (SSSR count). The van der Waals surface area contributed by atoms with Crippen molar-refractivity contribution in [1.29, 1.82) is 0 Å². The summed E-state index contributed by atoms with van der Waals surface area (Å²) in [5, 5.41) is 2.37. The van der Waals surface area contributed by atoms with Crippen LogP contribution in [0.5, 0.6) is 0 Å². The predicted octanol–water partition coefficient (Wildman–Crippen LogP) is 2.54. The van der Waals surface area contributed by atoms with Gasteiger partial charge in [-0.15, -0.1) is 0 Å². The van der Waals surface area contributed by atoms with Crippen molar-refractivity contribution in [2.75, 3.05) is 5.32 Å². The Morgan fingerprint density at radius 3 is 2.61 bits per heavy atom. The van der Waals surface area contributed by atoms with Crippen molar-refractivity contribution < 1.29 is 18.0 Å². The number of halogens is 3. The monoisotopic (exact) mass is 321 g/mol. The molecule has 2 aromatic carbocycles. The summed E-state index contributed by atoms with van der Waals surface area (Å²) < 4.78 is 41.0. The molecule has 0 unspecified atom stereocenters. The molecule has 3 aromatic rings. The third-order valence-electron chi connectivity index (χ3n) is 3.44. The molecule has 8 heteroatoms. The lowest BCUT2D eigenvalue weighted by Crippen LogP contribution is -2.15. The normalized spacial score (nSPS) is 11.0. The number of nitrogens with one attached hydrogen (secondary N) is 2. The number of amides is 1. The molecular formula is C15H10F3N3O2. The Balaban J connectivity index is 1.94. The van der Waals surface area contributed by atoms with Gasteiger partial charge in [0.05, 0.1) is 16.6 Å². The highest BCUT2D eigenvalue weighted by Gasteiger charge is 2.19. The van der Waals surface area contributed by atoms with E-state index in [9.17, 15) is 22.8 Å². The van der Waals surface area contributed by atoms with Gasteiger partial charge in [0.25, 0.3) is 5.91 Å². The number of carbonyl (C=O) groups is 1. The highest BCUT2D eigenvalue weighted by atomic mass is 19.2. The average Bonchev–Trinajstić information content (AvgIpc) is 2.79.